The van der Waals surface area contributed by atoms with Crippen LogP contribution in [0.4, 0.5) is 23.2 Å². The molecule has 0 atom stereocenters. The fraction of sp³-hybridized carbons (Fsp3) is 0.154. The zero-order valence-electron chi connectivity index (χ0n) is 9.76. The van der Waals surface area contributed by atoms with E-state index in [2.05, 4.69) is 10.3 Å². The van der Waals surface area contributed by atoms with Gasteiger partial charge in [-0.3, -0.25) is 4.98 Å². The van der Waals surface area contributed by atoms with E-state index >= 15 is 0 Å². The summed E-state index contributed by atoms with van der Waals surface area (Å²) in [5.41, 5.74) is 0.0501. The van der Waals surface area contributed by atoms with Crippen molar-refractivity contribution in [2.45, 2.75) is 6.42 Å². The first-order valence-electron chi connectivity index (χ1n) is 5.55. The average Bonchev–Trinajstić information content (AvgIpc) is 2.42. The van der Waals surface area contributed by atoms with Gasteiger partial charge in [-0.05, 0) is 18.1 Å². The van der Waals surface area contributed by atoms with Crippen molar-refractivity contribution >= 4 is 5.69 Å². The van der Waals surface area contributed by atoms with Gasteiger partial charge in [0.25, 0.3) is 0 Å². The molecule has 0 spiro atoms. The molecule has 0 saturated carbocycles. The normalized spacial score (nSPS) is 10.5. The molecule has 0 amide bonds. The number of hydrogen-bond acceptors (Lipinski definition) is 2. The van der Waals surface area contributed by atoms with Gasteiger partial charge in [0.2, 0.25) is 0 Å². The summed E-state index contributed by atoms with van der Waals surface area (Å²) in [7, 11) is 0. The predicted octanol–water partition coefficient (Wildman–Crippen LogP) is 3.29. The summed E-state index contributed by atoms with van der Waals surface area (Å²) in [4.78, 5) is 3.88. The first-order valence-corrected chi connectivity index (χ1v) is 5.55. The molecule has 19 heavy (non-hydrogen) atoms. The zero-order chi connectivity index (χ0) is 13.8. The van der Waals surface area contributed by atoms with Crippen LogP contribution in [0, 0.1) is 23.3 Å². The van der Waals surface area contributed by atoms with E-state index in [9.17, 15) is 17.6 Å². The minimum absolute atomic E-state index is 0.127. The van der Waals surface area contributed by atoms with Gasteiger partial charge >= 0.3 is 0 Å². The van der Waals surface area contributed by atoms with Crippen LogP contribution in [0.1, 0.15) is 5.56 Å². The average molecular weight is 270 g/mol. The molecule has 0 bridgehead atoms. The quantitative estimate of drug-likeness (QED) is 0.681. The number of nitrogens with zero attached hydrogens (tertiary/aromatic N) is 1. The highest BCUT2D eigenvalue weighted by molar-refractivity contribution is 5.47. The van der Waals surface area contributed by atoms with E-state index in [4.69, 9.17) is 0 Å². The summed E-state index contributed by atoms with van der Waals surface area (Å²) < 4.78 is 52.5. The number of benzene rings is 1. The van der Waals surface area contributed by atoms with Crippen molar-refractivity contribution in [3.63, 3.8) is 0 Å². The lowest BCUT2D eigenvalue weighted by Gasteiger charge is -2.09. The Hall–Kier alpha value is -2.11. The van der Waals surface area contributed by atoms with Crippen molar-refractivity contribution in [2.75, 3.05) is 11.9 Å². The van der Waals surface area contributed by atoms with Gasteiger partial charge in [-0.2, -0.15) is 0 Å². The molecule has 1 aromatic heterocycles. The number of aromatic nitrogens is 1. The van der Waals surface area contributed by atoms with E-state index in [1.807, 2.05) is 0 Å². The number of nitrogens with one attached hydrogen (secondary N) is 1. The largest absolute Gasteiger partial charge is 0.380 e. The van der Waals surface area contributed by atoms with Gasteiger partial charge in [0, 0.05) is 25.0 Å². The molecule has 1 heterocycles. The minimum atomic E-state index is -1.43. The second-order valence-electron chi connectivity index (χ2n) is 3.88. The molecule has 2 nitrogen and oxygen atoms in total. The van der Waals surface area contributed by atoms with Crippen LogP contribution in [0.15, 0.2) is 30.6 Å². The van der Waals surface area contributed by atoms with Crippen LogP contribution in [-0.2, 0) is 6.42 Å². The zero-order valence-corrected chi connectivity index (χ0v) is 9.76. The SMILES string of the molecule is Fc1cc(F)c(F)c(NCCc2cccnc2)c1F. The molecule has 6 heteroatoms. The maximum absolute atomic E-state index is 13.3. The van der Waals surface area contributed by atoms with E-state index in [0.717, 1.165) is 5.56 Å². The molecule has 2 rings (SSSR count). The van der Waals surface area contributed by atoms with Crippen molar-refractivity contribution in [1.29, 1.82) is 0 Å². The van der Waals surface area contributed by atoms with Gasteiger partial charge in [0.15, 0.2) is 23.3 Å². The van der Waals surface area contributed by atoms with Crippen LogP contribution in [0.3, 0.4) is 0 Å². The number of hydrogen-bond donors (Lipinski definition) is 1. The molecular formula is C13H10F4N2. The molecule has 0 aliphatic rings. The lowest BCUT2D eigenvalue weighted by atomic mass is 10.2. The third-order valence-electron chi connectivity index (χ3n) is 2.55. The molecule has 100 valence electrons. The van der Waals surface area contributed by atoms with Gasteiger partial charge in [-0.25, -0.2) is 17.6 Å². The Morgan fingerprint density at radius 1 is 1.05 bits per heavy atom. The Balaban J connectivity index is 2.08. The van der Waals surface area contributed by atoms with E-state index in [1.165, 1.54) is 0 Å². The first-order chi connectivity index (χ1) is 9.09. The molecule has 0 aliphatic heterocycles. The van der Waals surface area contributed by atoms with E-state index in [0.29, 0.717) is 6.42 Å². The highest BCUT2D eigenvalue weighted by Crippen LogP contribution is 2.23. The summed E-state index contributed by atoms with van der Waals surface area (Å²) in [5, 5.41) is 2.35. The Morgan fingerprint density at radius 3 is 2.32 bits per heavy atom. The van der Waals surface area contributed by atoms with Crippen molar-refractivity contribution in [3.8, 4) is 0 Å². The van der Waals surface area contributed by atoms with Gasteiger partial charge in [-0.1, -0.05) is 6.07 Å². The summed E-state index contributed by atoms with van der Waals surface area (Å²) in [6.07, 6.45) is 3.61. The summed E-state index contributed by atoms with van der Waals surface area (Å²) in [5.74, 6) is -5.71. The van der Waals surface area contributed by atoms with Crippen LogP contribution < -0.4 is 5.32 Å². The van der Waals surface area contributed by atoms with Crippen LogP contribution in [0.2, 0.25) is 0 Å². The second kappa shape index (κ2) is 5.69. The first kappa shape index (κ1) is 13.3. The predicted molar refractivity (Wildman–Crippen MR) is 62.7 cm³/mol. The highest BCUT2D eigenvalue weighted by Gasteiger charge is 2.18. The molecule has 1 N–H and O–H groups in total. The van der Waals surface area contributed by atoms with E-state index in [-0.39, 0.29) is 12.6 Å². The van der Waals surface area contributed by atoms with Crippen molar-refractivity contribution in [1.82, 2.24) is 4.98 Å². The molecule has 1 aromatic carbocycles. The second-order valence-corrected chi connectivity index (χ2v) is 3.88. The third-order valence-corrected chi connectivity index (χ3v) is 2.55. The van der Waals surface area contributed by atoms with Crippen molar-refractivity contribution in [3.05, 3.63) is 59.4 Å². The maximum atomic E-state index is 13.3. The van der Waals surface area contributed by atoms with Crippen LogP contribution in [0.25, 0.3) is 0 Å². The maximum Gasteiger partial charge on any atom is 0.185 e. The molecular weight excluding hydrogens is 260 g/mol. The van der Waals surface area contributed by atoms with Crippen molar-refractivity contribution in [2.24, 2.45) is 0 Å². The fourth-order valence-corrected chi connectivity index (χ4v) is 1.61. The number of anilines is 1. The van der Waals surface area contributed by atoms with E-state index < -0.39 is 29.0 Å². The Kier molecular flexibility index (Phi) is 3.99. The molecule has 0 aliphatic carbocycles. The third kappa shape index (κ3) is 3.01. The molecule has 0 saturated heterocycles. The lowest BCUT2D eigenvalue weighted by Crippen LogP contribution is -2.10. The highest BCUT2D eigenvalue weighted by atomic mass is 19.2. The van der Waals surface area contributed by atoms with Crippen LogP contribution in [0.5, 0.6) is 0 Å². The monoisotopic (exact) mass is 270 g/mol. The minimum Gasteiger partial charge on any atom is -0.380 e. The summed E-state index contributed by atoms with van der Waals surface area (Å²) >= 11 is 0. The van der Waals surface area contributed by atoms with Crippen LogP contribution in [-0.4, -0.2) is 11.5 Å². The van der Waals surface area contributed by atoms with E-state index in [1.54, 1.807) is 24.5 Å². The smallest absolute Gasteiger partial charge is 0.185 e. The Labute approximate surface area is 107 Å². The molecule has 0 unspecified atom stereocenters. The van der Waals surface area contributed by atoms with Gasteiger partial charge in [0.05, 0.1) is 0 Å². The molecule has 0 radical (unpaired) electrons. The van der Waals surface area contributed by atoms with Crippen molar-refractivity contribution < 1.29 is 17.6 Å². The summed E-state index contributed by atoms with van der Waals surface area (Å²) in [6.45, 7) is 0.127. The lowest BCUT2D eigenvalue weighted by molar-refractivity contribution is 0.458. The topological polar surface area (TPSA) is 24.9 Å². The Morgan fingerprint density at radius 2 is 1.74 bits per heavy atom. The van der Waals surface area contributed by atoms with Gasteiger partial charge in [-0.15, -0.1) is 0 Å². The van der Waals surface area contributed by atoms with Crippen LogP contribution >= 0.6 is 0 Å². The summed E-state index contributed by atoms with van der Waals surface area (Å²) in [6, 6.07) is 3.68. The number of rotatable bonds is 4. The van der Waals surface area contributed by atoms with Gasteiger partial charge < -0.3 is 5.32 Å². The molecule has 2 aromatic rings. The van der Waals surface area contributed by atoms with Gasteiger partial charge in [0.1, 0.15) is 5.69 Å². The Bertz CT molecular complexity index is 546. The standard InChI is InChI=1S/C13H10F4N2/c14-9-6-10(15)12(17)13(11(9)16)19-5-3-8-2-1-4-18-7-8/h1-2,4,6-7,19H,3,5H2. The molecule has 0 fully saturated rings. The fourth-order valence-electron chi connectivity index (χ4n) is 1.61. The number of pyridine rings is 1. The number of halogens is 4.